The van der Waals surface area contributed by atoms with Crippen molar-refractivity contribution in [3.05, 3.63) is 0 Å². The number of unbranched alkanes of at least 4 members (excludes halogenated alkanes) is 2. The second kappa shape index (κ2) is 4.45. The third-order valence-corrected chi connectivity index (χ3v) is 2.30. The fraction of sp³-hybridized carbons (Fsp3) is 0.889. The van der Waals surface area contributed by atoms with Crippen LogP contribution >= 0.6 is 0 Å². The Morgan fingerprint density at radius 2 is 2.33 bits per heavy atom. The van der Waals surface area contributed by atoms with Gasteiger partial charge in [-0.2, -0.15) is 0 Å². The van der Waals surface area contributed by atoms with Crippen LogP contribution in [0.1, 0.15) is 32.6 Å². The minimum absolute atomic E-state index is 0.0777. The first-order valence-electron chi connectivity index (χ1n) is 4.72. The molecule has 3 heteroatoms. The van der Waals surface area contributed by atoms with Crippen molar-refractivity contribution in [3.8, 4) is 0 Å². The van der Waals surface area contributed by atoms with Gasteiger partial charge in [0.15, 0.2) is 0 Å². The lowest BCUT2D eigenvalue weighted by atomic mass is 10.2. The highest BCUT2D eigenvalue weighted by molar-refractivity contribution is 5.82. The van der Waals surface area contributed by atoms with Crippen molar-refractivity contribution in [3.63, 3.8) is 0 Å². The first-order valence-corrected chi connectivity index (χ1v) is 4.72. The maximum atomic E-state index is 11.2. The van der Waals surface area contributed by atoms with Crippen LogP contribution in [0, 0.1) is 0 Å². The molecule has 1 rings (SSSR count). The molecule has 1 N–H and O–H groups in total. The number of aliphatic hydroxyl groups is 1. The zero-order valence-electron chi connectivity index (χ0n) is 7.62. The molecule has 0 aromatic heterocycles. The quantitative estimate of drug-likeness (QED) is 0.635. The van der Waals surface area contributed by atoms with E-state index in [4.69, 9.17) is 5.11 Å². The number of hydrogen-bond donors (Lipinski definition) is 1. The molecular formula is C9H17NO2. The molecule has 1 aliphatic rings. The second-order valence-corrected chi connectivity index (χ2v) is 3.34. The fourth-order valence-electron chi connectivity index (χ4n) is 1.50. The summed E-state index contributed by atoms with van der Waals surface area (Å²) in [6, 6.07) is 0. The molecule has 1 saturated heterocycles. The minimum atomic E-state index is -0.716. The molecule has 3 nitrogen and oxygen atoms in total. The van der Waals surface area contributed by atoms with Crippen molar-refractivity contribution in [1.29, 1.82) is 0 Å². The summed E-state index contributed by atoms with van der Waals surface area (Å²) in [5.41, 5.74) is 0. The first kappa shape index (κ1) is 9.52. The maximum absolute atomic E-state index is 11.2. The predicted octanol–water partition coefficient (Wildman–Crippen LogP) is 0.770. The zero-order chi connectivity index (χ0) is 8.97. The smallest absolute Gasteiger partial charge is 0.251 e. The lowest BCUT2D eigenvalue weighted by molar-refractivity contribution is -0.134. The molecule has 0 spiro atoms. The highest BCUT2D eigenvalue weighted by Gasteiger charge is 2.28. The van der Waals surface area contributed by atoms with Crippen LogP contribution in [0.4, 0.5) is 0 Å². The number of hydrogen-bond acceptors (Lipinski definition) is 2. The van der Waals surface area contributed by atoms with E-state index in [1.54, 1.807) is 4.90 Å². The van der Waals surface area contributed by atoms with Gasteiger partial charge in [0.25, 0.3) is 5.91 Å². The molecule has 1 atom stereocenters. The first-order chi connectivity index (χ1) is 5.75. The van der Waals surface area contributed by atoms with Gasteiger partial charge in [0, 0.05) is 13.1 Å². The number of carbonyl (C=O) groups excluding carboxylic acids is 1. The van der Waals surface area contributed by atoms with Gasteiger partial charge in [0.2, 0.25) is 0 Å². The molecule has 0 saturated carbocycles. The number of rotatable bonds is 4. The zero-order valence-corrected chi connectivity index (χ0v) is 7.62. The topological polar surface area (TPSA) is 40.5 Å². The van der Waals surface area contributed by atoms with E-state index in [1.807, 2.05) is 0 Å². The van der Waals surface area contributed by atoms with Crippen molar-refractivity contribution in [1.82, 2.24) is 4.90 Å². The van der Waals surface area contributed by atoms with Crippen molar-refractivity contribution in [2.45, 2.75) is 38.7 Å². The van der Waals surface area contributed by atoms with Crippen molar-refractivity contribution < 1.29 is 9.90 Å². The summed E-state index contributed by atoms with van der Waals surface area (Å²) >= 11 is 0. The summed E-state index contributed by atoms with van der Waals surface area (Å²) in [5, 5.41) is 9.13. The average molecular weight is 171 g/mol. The lowest BCUT2D eigenvalue weighted by Gasteiger charge is -2.14. The third-order valence-electron chi connectivity index (χ3n) is 2.30. The number of carbonyl (C=O) groups is 1. The molecule has 70 valence electrons. The standard InChI is InChI=1S/C9H17NO2/c1-2-3-4-6-10-7-5-8(11)9(10)12/h8,11H,2-7H2,1H3. The summed E-state index contributed by atoms with van der Waals surface area (Å²) in [6.07, 6.45) is 3.30. The average Bonchev–Trinajstić information content (AvgIpc) is 2.36. The molecule has 1 heterocycles. The Balaban J connectivity index is 2.20. The van der Waals surface area contributed by atoms with E-state index in [2.05, 4.69) is 6.92 Å². The van der Waals surface area contributed by atoms with Gasteiger partial charge < -0.3 is 10.0 Å². The van der Waals surface area contributed by atoms with E-state index < -0.39 is 6.10 Å². The SMILES string of the molecule is CCCCCN1CCC(O)C1=O. The molecule has 1 aliphatic heterocycles. The Labute approximate surface area is 73.4 Å². The van der Waals surface area contributed by atoms with Crippen LogP contribution in [0.3, 0.4) is 0 Å². The van der Waals surface area contributed by atoms with Gasteiger partial charge in [-0.15, -0.1) is 0 Å². The van der Waals surface area contributed by atoms with Crippen molar-refractivity contribution in [2.24, 2.45) is 0 Å². The van der Waals surface area contributed by atoms with E-state index in [9.17, 15) is 4.79 Å². The van der Waals surface area contributed by atoms with Gasteiger partial charge >= 0.3 is 0 Å². The van der Waals surface area contributed by atoms with Crippen molar-refractivity contribution >= 4 is 5.91 Å². The van der Waals surface area contributed by atoms with Crippen LogP contribution in [0.15, 0.2) is 0 Å². The van der Waals surface area contributed by atoms with Gasteiger partial charge in [0.1, 0.15) is 6.10 Å². The minimum Gasteiger partial charge on any atom is -0.383 e. The molecule has 1 amide bonds. The van der Waals surface area contributed by atoms with E-state index in [-0.39, 0.29) is 5.91 Å². The van der Waals surface area contributed by atoms with Crippen LogP contribution in [0.25, 0.3) is 0 Å². The number of aliphatic hydroxyl groups excluding tert-OH is 1. The summed E-state index contributed by atoms with van der Waals surface area (Å²) in [7, 11) is 0. The van der Waals surface area contributed by atoms with E-state index >= 15 is 0 Å². The van der Waals surface area contributed by atoms with Crippen LogP contribution < -0.4 is 0 Å². The summed E-state index contributed by atoms with van der Waals surface area (Å²) in [5.74, 6) is -0.0777. The van der Waals surface area contributed by atoms with Crippen LogP contribution in [0.2, 0.25) is 0 Å². The normalized spacial score (nSPS) is 23.7. The van der Waals surface area contributed by atoms with E-state index in [1.165, 1.54) is 12.8 Å². The number of nitrogens with zero attached hydrogens (tertiary/aromatic N) is 1. The second-order valence-electron chi connectivity index (χ2n) is 3.34. The van der Waals surface area contributed by atoms with Gasteiger partial charge in [0.05, 0.1) is 0 Å². The Hall–Kier alpha value is -0.570. The van der Waals surface area contributed by atoms with Gasteiger partial charge in [-0.05, 0) is 12.8 Å². The monoisotopic (exact) mass is 171 g/mol. The van der Waals surface area contributed by atoms with E-state index in [0.717, 1.165) is 19.5 Å². The Morgan fingerprint density at radius 3 is 2.83 bits per heavy atom. The third kappa shape index (κ3) is 2.21. The molecule has 1 fully saturated rings. The van der Waals surface area contributed by atoms with Gasteiger partial charge in [-0.1, -0.05) is 19.8 Å². The number of amides is 1. The van der Waals surface area contributed by atoms with Gasteiger partial charge in [-0.25, -0.2) is 0 Å². The lowest BCUT2D eigenvalue weighted by Crippen LogP contribution is -2.30. The fourth-order valence-corrected chi connectivity index (χ4v) is 1.50. The van der Waals surface area contributed by atoms with Gasteiger partial charge in [-0.3, -0.25) is 4.79 Å². The summed E-state index contributed by atoms with van der Waals surface area (Å²) < 4.78 is 0. The predicted molar refractivity (Wildman–Crippen MR) is 46.7 cm³/mol. The van der Waals surface area contributed by atoms with Crippen LogP contribution in [0.5, 0.6) is 0 Å². The summed E-state index contributed by atoms with van der Waals surface area (Å²) in [4.78, 5) is 12.9. The van der Waals surface area contributed by atoms with E-state index in [0.29, 0.717) is 6.42 Å². The Bertz CT molecular complexity index is 159. The molecule has 1 unspecified atom stereocenters. The molecule has 0 aromatic rings. The molecule has 0 aromatic carbocycles. The highest BCUT2D eigenvalue weighted by Crippen LogP contribution is 2.11. The highest BCUT2D eigenvalue weighted by atomic mass is 16.3. The number of likely N-dealkylation sites (tertiary alicyclic amines) is 1. The van der Waals surface area contributed by atoms with Crippen molar-refractivity contribution in [2.75, 3.05) is 13.1 Å². The van der Waals surface area contributed by atoms with Crippen LogP contribution in [-0.4, -0.2) is 35.1 Å². The molecule has 12 heavy (non-hydrogen) atoms. The summed E-state index contributed by atoms with van der Waals surface area (Å²) in [6.45, 7) is 3.70. The molecule has 0 aliphatic carbocycles. The Kier molecular flexibility index (Phi) is 3.53. The molecular weight excluding hydrogens is 154 g/mol. The maximum Gasteiger partial charge on any atom is 0.251 e. The van der Waals surface area contributed by atoms with Crippen LogP contribution in [-0.2, 0) is 4.79 Å². The molecule has 0 radical (unpaired) electrons. The Morgan fingerprint density at radius 1 is 1.58 bits per heavy atom. The largest absolute Gasteiger partial charge is 0.383 e. The molecule has 0 bridgehead atoms.